The number of rotatable bonds is 11. The Hall–Kier alpha value is -2.54. The van der Waals surface area contributed by atoms with Crippen LogP contribution in [0.1, 0.15) is 31.4 Å². The molecule has 0 heterocycles. The number of carbonyl (C=O) groups excluding carboxylic acids is 1. The predicted molar refractivity (Wildman–Crippen MR) is 113 cm³/mol. The molecule has 1 N–H and O–H groups in total. The molecule has 0 radical (unpaired) electrons. The van der Waals surface area contributed by atoms with E-state index in [-0.39, 0.29) is 17.7 Å². The van der Waals surface area contributed by atoms with Crippen molar-refractivity contribution in [2.75, 3.05) is 12.3 Å². The van der Waals surface area contributed by atoms with Gasteiger partial charge in [0.1, 0.15) is 5.75 Å². The largest absolute Gasteiger partial charge is 0.491 e. The molecule has 2 aromatic rings. The van der Waals surface area contributed by atoms with Crippen LogP contribution in [0.3, 0.4) is 0 Å². The Morgan fingerprint density at radius 3 is 2.61 bits per heavy atom. The lowest BCUT2D eigenvalue weighted by Gasteiger charge is -2.11. The number of hydrogen-bond acceptors (Lipinski definition) is 5. The fourth-order valence-electron chi connectivity index (χ4n) is 2.59. The van der Waals surface area contributed by atoms with Gasteiger partial charge in [0.05, 0.1) is 16.8 Å². The van der Waals surface area contributed by atoms with Gasteiger partial charge in [-0.25, -0.2) is 0 Å². The number of amides is 1. The highest BCUT2D eigenvalue weighted by atomic mass is 32.2. The van der Waals surface area contributed by atoms with Crippen molar-refractivity contribution in [3.05, 3.63) is 69.8 Å². The summed E-state index contributed by atoms with van der Waals surface area (Å²) in [5.41, 5.74) is 2.24. The number of nitro benzene ring substituents is 1. The van der Waals surface area contributed by atoms with E-state index >= 15 is 0 Å². The standard InChI is InChI=1S/C21H26N2O4S/c1-16(2)27-20-7-3-5-17(13-20)6-4-12-22-21(24)15-28-14-18-8-10-19(11-9-18)23(25)26/h3,5,7-11,13,16H,4,6,12,14-15H2,1-2H3,(H,22,24). The number of benzene rings is 2. The summed E-state index contributed by atoms with van der Waals surface area (Å²) >= 11 is 1.49. The molecule has 0 saturated carbocycles. The molecule has 0 spiro atoms. The number of nitrogens with one attached hydrogen (secondary N) is 1. The molecule has 0 aliphatic rings. The molecule has 2 aromatic carbocycles. The fraction of sp³-hybridized carbons (Fsp3) is 0.381. The topological polar surface area (TPSA) is 81.5 Å². The van der Waals surface area contributed by atoms with Gasteiger partial charge in [0, 0.05) is 24.4 Å². The zero-order valence-corrected chi connectivity index (χ0v) is 17.0. The number of carbonyl (C=O) groups is 1. The molecule has 2 rings (SSSR count). The number of hydrogen-bond donors (Lipinski definition) is 1. The van der Waals surface area contributed by atoms with Crippen LogP contribution in [0.15, 0.2) is 48.5 Å². The van der Waals surface area contributed by atoms with Crippen molar-refractivity contribution >= 4 is 23.4 Å². The average Bonchev–Trinajstić information content (AvgIpc) is 2.65. The van der Waals surface area contributed by atoms with Gasteiger partial charge in [-0.1, -0.05) is 24.3 Å². The molecule has 0 bridgehead atoms. The molecule has 0 aliphatic carbocycles. The number of nitrogens with zero attached hydrogens (tertiary/aromatic N) is 1. The van der Waals surface area contributed by atoms with Crippen molar-refractivity contribution in [2.45, 2.75) is 38.5 Å². The second kappa shape index (κ2) is 11.3. The molecular formula is C21H26N2O4S. The van der Waals surface area contributed by atoms with Gasteiger partial charge in [-0.3, -0.25) is 14.9 Å². The Bertz CT molecular complexity index is 778. The zero-order valence-electron chi connectivity index (χ0n) is 16.2. The van der Waals surface area contributed by atoms with Gasteiger partial charge in [-0.05, 0) is 49.9 Å². The van der Waals surface area contributed by atoms with Crippen LogP contribution in [0.2, 0.25) is 0 Å². The van der Waals surface area contributed by atoms with E-state index in [0.717, 1.165) is 24.2 Å². The maximum atomic E-state index is 11.9. The van der Waals surface area contributed by atoms with Gasteiger partial charge in [0.2, 0.25) is 5.91 Å². The molecule has 0 aliphatic heterocycles. The van der Waals surface area contributed by atoms with Gasteiger partial charge in [-0.2, -0.15) is 0 Å². The molecule has 150 valence electrons. The third-order valence-corrected chi connectivity index (χ3v) is 4.89. The fourth-order valence-corrected chi connectivity index (χ4v) is 3.41. The highest BCUT2D eigenvalue weighted by molar-refractivity contribution is 7.99. The highest BCUT2D eigenvalue weighted by Gasteiger charge is 2.06. The molecule has 0 atom stereocenters. The van der Waals surface area contributed by atoms with Crippen molar-refractivity contribution in [3.63, 3.8) is 0 Å². The molecule has 1 amide bonds. The first-order chi connectivity index (χ1) is 13.4. The van der Waals surface area contributed by atoms with Crippen LogP contribution in [0.4, 0.5) is 5.69 Å². The van der Waals surface area contributed by atoms with Gasteiger partial charge < -0.3 is 10.1 Å². The van der Waals surface area contributed by atoms with E-state index in [1.54, 1.807) is 12.1 Å². The highest BCUT2D eigenvalue weighted by Crippen LogP contribution is 2.17. The average molecular weight is 403 g/mol. The smallest absolute Gasteiger partial charge is 0.269 e. The zero-order chi connectivity index (χ0) is 20.4. The maximum Gasteiger partial charge on any atom is 0.269 e. The van der Waals surface area contributed by atoms with Crippen LogP contribution in [-0.4, -0.2) is 29.2 Å². The Balaban J connectivity index is 1.62. The lowest BCUT2D eigenvalue weighted by molar-refractivity contribution is -0.384. The summed E-state index contributed by atoms with van der Waals surface area (Å²) < 4.78 is 5.69. The molecule has 0 aromatic heterocycles. The number of thioether (sulfide) groups is 1. The lowest BCUT2D eigenvalue weighted by Crippen LogP contribution is -2.26. The van der Waals surface area contributed by atoms with Crippen LogP contribution >= 0.6 is 11.8 Å². The van der Waals surface area contributed by atoms with E-state index in [2.05, 4.69) is 11.4 Å². The molecular weight excluding hydrogens is 376 g/mol. The Labute approximate surface area is 169 Å². The normalized spacial score (nSPS) is 10.7. The molecule has 7 heteroatoms. The van der Waals surface area contributed by atoms with E-state index in [1.807, 2.05) is 32.0 Å². The summed E-state index contributed by atoms with van der Waals surface area (Å²) in [4.78, 5) is 22.1. The third-order valence-electron chi connectivity index (χ3n) is 3.88. The summed E-state index contributed by atoms with van der Waals surface area (Å²) in [5, 5.41) is 13.6. The monoisotopic (exact) mass is 402 g/mol. The first kappa shape index (κ1) is 21.8. The van der Waals surface area contributed by atoms with Crippen molar-refractivity contribution in [2.24, 2.45) is 0 Å². The van der Waals surface area contributed by atoms with E-state index in [0.29, 0.717) is 18.1 Å². The molecule has 0 fully saturated rings. The third kappa shape index (κ3) is 8.00. The van der Waals surface area contributed by atoms with Crippen LogP contribution in [0.5, 0.6) is 5.75 Å². The number of nitro groups is 1. The molecule has 0 unspecified atom stereocenters. The summed E-state index contributed by atoms with van der Waals surface area (Å²) in [5.74, 6) is 1.89. The number of aryl methyl sites for hydroxylation is 1. The maximum absolute atomic E-state index is 11.9. The number of non-ortho nitro benzene ring substituents is 1. The number of ether oxygens (including phenoxy) is 1. The van der Waals surface area contributed by atoms with Crippen LogP contribution in [0, 0.1) is 10.1 Å². The van der Waals surface area contributed by atoms with Crippen LogP contribution in [-0.2, 0) is 17.0 Å². The summed E-state index contributed by atoms with van der Waals surface area (Å²) in [6.07, 6.45) is 1.90. The Morgan fingerprint density at radius 1 is 1.18 bits per heavy atom. The van der Waals surface area contributed by atoms with Crippen LogP contribution < -0.4 is 10.1 Å². The summed E-state index contributed by atoms with van der Waals surface area (Å²) in [7, 11) is 0. The SMILES string of the molecule is CC(C)Oc1cccc(CCCNC(=O)CSCc2ccc([N+](=O)[O-])cc2)c1. The first-order valence-corrected chi connectivity index (χ1v) is 10.4. The van der Waals surface area contributed by atoms with Crippen molar-refractivity contribution in [1.29, 1.82) is 0 Å². The second-order valence-electron chi connectivity index (χ2n) is 6.68. The summed E-state index contributed by atoms with van der Waals surface area (Å²) in [6.45, 7) is 4.63. The molecule has 28 heavy (non-hydrogen) atoms. The Morgan fingerprint density at radius 2 is 1.93 bits per heavy atom. The van der Waals surface area contributed by atoms with Gasteiger partial charge in [0.15, 0.2) is 0 Å². The van der Waals surface area contributed by atoms with Gasteiger partial charge >= 0.3 is 0 Å². The van der Waals surface area contributed by atoms with E-state index in [4.69, 9.17) is 4.74 Å². The Kier molecular flexibility index (Phi) is 8.81. The van der Waals surface area contributed by atoms with Crippen molar-refractivity contribution in [1.82, 2.24) is 5.32 Å². The van der Waals surface area contributed by atoms with Crippen molar-refractivity contribution < 1.29 is 14.5 Å². The molecule has 0 saturated heterocycles. The molecule has 6 nitrogen and oxygen atoms in total. The predicted octanol–water partition coefficient (Wildman–Crippen LogP) is 4.36. The van der Waals surface area contributed by atoms with E-state index in [1.165, 1.54) is 29.5 Å². The van der Waals surface area contributed by atoms with E-state index in [9.17, 15) is 14.9 Å². The first-order valence-electron chi connectivity index (χ1n) is 9.27. The minimum atomic E-state index is -0.419. The van der Waals surface area contributed by atoms with E-state index < -0.39 is 4.92 Å². The van der Waals surface area contributed by atoms with Gasteiger partial charge in [0.25, 0.3) is 5.69 Å². The quantitative estimate of drug-likeness (QED) is 0.343. The van der Waals surface area contributed by atoms with Gasteiger partial charge in [-0.15, -0.1) is 11.8 Å². The lowest BCUT2D eigenvalue weighted by atomic mass is 10.1. The minimum absolute atomic E-state index is 0.00352. The summed E-state index contributed by atoms with van der Waals surface area (Å²) in [6, 6.07) is 14.5. The second-order valence-corrected chi connectivity index (χ2v) is 7.67. The van der Waals surface area contributed by atoms with Crippen molar-refractivity contribution in [3.8, 4) is 5.75 Å². The minimum Gasteiger partial charge on any atom is -0.491 e. The van der Waals surface area contributed by atoms with Crippen LogP contribution in [0.25, 0.3) is 0 Å².